The van der Waals surface area contributed by atoms with Gasteiger partial charge in [0.1, 0.15) is 5.75 Å². The maximum absolute atomic E-state index is 11.6. The molecular formula is C12H18N2O2. The Morgan fingerprint density at radius 1 is 1.56 bits per heavy atom. The van der Waals surface area contributed by atoms with Crippen LogP contribution in [-0.2, 0) is 4.79 Å². The van der Waals surface area contributed by atoms with Gasteiger partial charge in [-0.1, -0.05) is 19.4 Å². The van der Waals surface area contributed by atoms with Gasteiger partial charge in [0.2, 0.25) is 5.91 Å². The molecule has 0 spiro atoms. The third kappa shape index (κ3) is 3.24. The molecule has 0 heterocycles. The second kappa shape index (κ2) is 5.51. The van der Waals surface area contributed by atoms with E-state index in [1.54, 1.807) is 18.2 Å². The van der Waals surface area contributed by atoms with Crippen molar-refractivity contribution in [1.82, 2.24) is 0 Å². The highest BCUT2D eigenvalue weighted by Crippen LogP contribution is 2.23. The third-order valence-corrected chi connectivity index (χ3v) is 2.35. The highest BCUT2D eigenvalue weighted by atomic mass is 16.3. The highest BCUT2D eigenvalue weighted by Gasteiger charge is 2.13. The largest absolute Gasteiger partial charge is 0.506 e. The van der Waals surface area contributed by atoms with Gasteiger partial charge in [-0.3, -0.25) is 4.79 Å². The van der Waals surface area contributed by atoms with Gasteiger partial charge in [0.05, 0.1) is 11.7 Å². The molecule has 1 aromatic carbocycles. The van der Waals surface area contributed by atoms with Crippen LogP contribution in [0, 0.1) is 6.92 Å². The fourth-order valence-electron chi connectivity index (χ4n) is 1.42. The molecule has 0 saturated heterocycles. The van der Waals surface area contributed by atoms with Crippen LogP contribution in [0.1, 0.15) is 25.3 Å². The lowest BCUT2D eigenvalue weighted by molar-refractivity contribution is -0.117. The predicted octanol–water partition coefficient (Wildman–Crippen LogP) is 1.77. The molecule has 88 valence electrons. The third-order valence-electron chi connectivity index (χ3n) is 2.35. The van der Waals surface area contributed by atoms with Gasteiger partial charge in [-0.15, -0.1) is 0 Å². The van der Waals surface area contributed by atoms with E-state index in [0.29, 0.717) is 12.1 Å². The normalized spacial score (nSPS) is 12.2. The number of hydrogen-bond donors (Lipinski definition) is 3. The van der Waals surface area contributed by atoms with E-state index in [0.717, 1.165) is 12.0 Å². The Labute approximate surface area is 95.5 Å². The zero-order valence-electron chi connectivity index (χ0n) is 9.66. The first kappa shape index (κ1) is 12.5. The van der Waals surface area contributed by atoms with Gasteiger partial charge in [0.15, 0.2) is 0 Å². The summed E-state index contributed by atoms with van der Waals surface area (Å²) in [5, 5.41) is 12.2. The van der Waals surface area contributed by atoms with Crippen molar-refractivity contribution >= 4 is 11.6 Å². The number of anilines is 1. The van der Waals surface area contributed by atoms with E-state index in [-0.39, 0.29) is 11.7 Å². The summed E-state index contributed by atoms with van der Waals surface area (Å²) >= 11 is 0. The van der Waals surface area contributed by atoms with Gasteiger partial charge in [-0.25, -0.2) is 0 Å². The fourth-order valence-corrected chi connectivity index (χ4v) is 1.42. The zero-order valence-corrected chi connectivity index (χ0v) is 9.66. The first-order valence-electron chi connectivity index (χ1n) is 5.40. The van der Waals surface area contributed by atoms with Crippen LogP contribution < -0.4 is 11.1 Å². The molecular weight excluding hydrogens is 204 g/mol. The molecule has 0 aliphatic carbocycles. The van der Waals surface area contributed by atoms with Crippen LogP contribution in [0.15, 0.2) is 18.2 Å². The smallest absolute Gasteiger partial charge is 0.241 e. The summed E-state index contributed by atoms with van der Waals surface area (Å²) in [6, 6.07) is 4.52. The van der Waals surface area contributed by atoms with Crippen molar-refractivity contribution in [3.63, 3.8) is 0 Å². The van der Waals surface area contributed by atoms with E-state index >= 15 is 0 Å². The molecule has 0 aromatic heterocycles. The van der Waals surface area contributed by atoms with Gasteiger partial charge < -0.3 is 16.2 Å². The summed E-state index contributed by atoms with van der Waals surface area (Å²) in [6.07, 6.45) is 1.49. The molecule has 4 heteroatoms. The number of hydrogen-bond acceptors (Lipinski definition) is 3. The summed E-state index contributed by atoms with van der Waals surface area (Å²) in [7, 11) is 0. The summed E-state index contributed by atoms with van der Waals surface area (Å²) in [6.45, 7) is 3.86. The van der Waals surface area contributed by atoms with Gasteiger partial charge in [-0.2, -0.15) is 0 Å². The minimum Gasteiger partial charge on any atom is -0.506 e. The van der Waals surface area contributed by atoms with Crippen LogP contribution in [0.4, 0.5) is 5.69 Å². The van der Waals surface area contributed by atoms with Crippen LogP contribution >= 0.6 is 0 Å². The summed E-state index contributed by atoms with van der Waals surface area (Å²) in [4.78, 5) is 11.6. The molecule has 4 N–H and O–H groups in total. The van der Waals surface area contributed by atoms with Gasteiger partial charge in [0, 0.05) is 0 Å². The molecule has 1 unspecified atom stereocenters. The number of carbonyl (C=O) groups excluding carboxylic acids is 1. The van der Waals surface area contributed by atoms with Crippen LogP contribution in [0.5, 0.6) is 5.75 Å². The molecule has 0 fully saturated rings. The van der Waals surface area contributed by atoms with E-state index in [2.05, 4.69) is 5.32 Å². The van der Waals surface area contributed by atoms with Crippen LogP contribution in [0.25, 0.3) is 0 Å². The zero-order chi connectivity index (χ0) is 12.1. The van der Waals surface area contributed by atoms with Crippen molar-refractivity contribution in [3.05, 3.63) is 23.8 Å². The number of rotatable bonds is 4. The summed E-state index contributed by atoms with van der Waals surface area (Å²) < 4.78 is 0. The van der Waals surface area contributed by atoms with Crippen LogP contribution in [-0.4, -0.2) is 17.1 Å². The topological polar surface area (TPSA) is 75.4 Å². The number of amides is 1. The lowest BCUT2D eigenvalue weighted by Gasteiger charge is -2.12. The van der Waals surface area contributed by atoms with Crippen LogP contribution in [0.3, 0.4) is 0 Å². The van der Waals surface area contributed by atoms with E-state index in [1.165, 1.54) is 0 Å². The number of nitrogens with one attached hydrogen (secondary N) is 1. The molecule has 0 radical (unpaired) electrons. The number of nitrogens with two attached hydrogens (primary N) is 1. The Kier molecular flexibility index (Phi) is 4.31. The molecule has 0 aliphatic heterocycles. The lowest BCUT2D eigenvalue weighted by Crippen LogP contribution is -2.35. The van der Waals surface area contributed by atoms with Crippen molar-refractivity contribution in [2.75, 3.05) is 5.32 Å². The standard InChI is InChI=1S/C12H18N2O2/c1-3-4-9(13)12(16)14-10-7-8(2)5-6-11(10)15/h5-7,9,15H,3-4,13H2,1-2H3,(H,14,16). The van der Waals surface area contributed by atoms with Gasteiger partial charge >= 0.3 is 0 Å². The summed E-state index contributed by atoms with van der Waals surface area (Å²) in [5.74, 6) is -0.203. The predicted molar refractivity (Wildman–Crippen MR) is 64.4 cm³/mol. The Hall–Kier alpha value is -1.55. The lowest BCUT2D eigenvalue weighted by atomic mass is 10.1. The number of phenols is 1. The molecule has 1 amide bonds. The first-order valence-corrected chi connectivity index (χ1v) is 5.40. The molecule has 4 nitrogen and oxygen atoms in total. The Morgan fingerprint density at radius 3 is 2.88 bits per heavy atom. The molecule has 0 saturated carbocycles. The van der Waals surface area contributed by atoms with Crippen molar-refractivity contribution in [2.45, 2.75) is 32.7 Å². The maximum Gasteiger partial charge on any atom is 0.241 e. The summed E-state index contributed by atoms with van der Waals surface area (Å²) in [5.41, 5.74) is 7.05. The SMILES string of the molecule is CCCC(N)C(=O)Nc1cc(C)ccc1O. The number of carbonyl (C=O) groups is 1. The number of aryl methyl sites for hydroxylation is 1. The maximum atomic E-state index is 11.6. The second-order valence-electron chi connectivity index (χ2n) is 3.91. The Bertz CT molecular complexity index is 377. The quantitative estimate of drug-likeness (QED) is 0.679. The van der Waals surface area contributed by atoms with Crippen LogP contribution in [0.2, 0.25) is 0 Å². The number of benzene rings is 1. The average Bonchev–Trinajstić information content (AvgIpc) is 2.23. The van der Waals surface area contributed by atoms with E-state index in [9.17, 15) is 9.90 Å². The molecule has 0 bridgehead atoms. The number of aromatic hydroxyl groups is 1. The average molecular weight is 222 g/mol. The van der Waals surface area contributed by atoms with E-state index in [4.69, 9.17) is 5.73 Å². The molecule has 16 heavy (non-hydrogen) atoms. The van der Waals surface area contributed by atoms with E-state index in [1.807, 2.05) is 13.8 Å². The minimum absolute atomic E-state index is 0.0580. The highest BCUT2D eigenvalue weighted by molar-refractivity contribution is 5.95. The monoisotopic (exact) mass is 222 g/mol. The Morgan fingerprint density at radius 2 is 2.25 bits per heavy atom. The molecule has 1 aromatic rings. The fraction of sp³-hybridized carbons (Fsp3) is 0.417. The molecule has 0 aliphatic rings. The van der Waals surface area contributed by atoms with Crippen molar-refractivity contribution in [2.24, 2.45) is 5.73 Å². The van der Waals surface area contributed by atoms with Crippen molar-refractivity contribution in [3.8, 4) is 5.75 Å². The van der Waals surface area contributed by atoms with Gasteiger partial charge in [-0.05, 0) is 31.0 Å². The molecule has 1 rings (SSSR count). The van der Waals surface area contributed by atoms with Crippen molar-refractivity contribution < 1.29 is 9.90 Å². The molecule has 1 atom stereocenters. The van der Waals surface area contributed by atoms with Gasteiger partial charge in [0.25, 0.3) is 0 Å². The first-order chi connectivity index (χ1) is 7.54. The Balaban J connectivity index is 2.72. The number of phenolic OH excluding ortho intramolecular Hbond substituents is 1. The second-order valence-corrected chi connectivity index (χ2v) is 3.91. The van der Waals surface area contributed by atoms with Crippen molar-refractivity contribution in [1.29, 1.82) is 0 Å². The van der Waals surface area contributed by atoms with E-state index < -0.39 is 6.04 Å². The minimum atomic E-state index is -0.523.